The van der Waals surface area contributed by atoms with Crippen LogP contribution in [0.2, 0.25) is 0 Å². The molecule has 0 unspecified atom stereocenters. The molecule has 1 heterocycles. The summed E-state index contributed by atoms with van der Waals surface area (Å²) in [7, 11) is 0. The van der Waals surface area contributed by atoms with E-state index < -0.39 is 0 Å². The molecular weight excluding hydrogens is 262 g/mol. The first kappa shape index (κ1) is 13.4. The summed E-state index contributed by atoms with van der Waals surface area (Å²) < 4.78 is 0. The number of hydrogen-bond acceptors (Lipinski definition) is 3. The van der Waals surface area contributed by atoms with Crippen LogP contribution in [-0.4, -0.2) is 18.4 Å². The smallest absolute Gasteiger partial charge is 0.255 e. The van der Waals surface area contributed by atoms with Crippen LogP contribution in [0.5, 0.6) is 0 Å². The number of benzene rings is 2. The number of rotatable bonds is 2. The molecule has 0 bridgehead atoms. The predicted molar refractivity (Wildman–Crippen MR) is 85.8 cm³/mol. The van der Waals surface area contributed by atoms with E-state index >= 15 is 0 Å². The van der Waals surface area contributed by atoms with Crippen molar-refractivity contribution >= 4 is 23.2 Å². The zero-order chi connectivity index (χ0) is 14.8. The summed E-state index contributed by atoms with van der Waals surface area (Å²) in [5.41, 5.74) is 4.11. The van der Waals surface area contributed by atoms with E-state index in [0.29, 0.717) is 5.96 Å². The minimum absolute atomic E-state index is 0.0199. The van der Waals surface area contributed by atoms with E-state index in [-0.39, 0.29) is 12.5 Å². The molecule has 4 nitrogen and oxygen atoms in total. The van der Waals surface area contributed by atoms with Gasteiger partial charge in [-0.3, -0.25) is 4.79 Å². The maximum absolute atomic E-state index is 12.1. The summed E-state index contributed by atoms with van der Waals surface area (Å²) in [6.07, 6.45) is 0. The molecule has 2 aromatic rings. The molecule has 1 aliphatic heterocycles. The number of anilines is 2. The Hall–Kier alpha value is -2.62. The van der Waals surface area contributed by atoms with Crippen LogP contribution in [0.25, 0.3) is 0 Å². The molecule has 0 aliphatic carbocycles. The second-order valence-corrected chi connectivity index (χ2v) is 5.20. The Kier molecular flexibility index (Phi) is 3.44. The Bertz CT molecular complexity index is 687. The zero-order valence-corrected chi connectivity index (χ0v) is 12.1. The number of carbonyl (C=O) groups is 1. The van der Waals surface area contributed by atoms with Gasteiger partial charge in [0.1, 0.15) is 6.54 Å². The van der Waals surface area contributed by atoms with Crippen molar-refractivity contribution in [3.63, 3.8) is 0 Å². The molecule has 2 aromatic carbocycles. The highest BCUT2D eigenvalue weighted by Gasteiger charge is 2.27. The van der Waals surface area contributed by atoms with Gasteiger partial charge in [0.15, 0.2) is 0 Å². The van der Waals surface area contributed by atoms with Crippen molar-refractivity contribution in [1.29, 1.82) is 0 Å². The average molecular weight is 279 g/mol. The molecular formula is C17H17N3O. The second-order valence-electron chi connectivity index (χ2n) is 5.20. The highest BCUT2D eigenvalue weighted by atomic mass is 16.2. The molecule has 21 heavy (non-hydrogen) atoms. The number of carbonyl (C=O) groups excluding carboxylic acids is 1. The average Bonchev–Trinajstić information content (AvgIpc) is 2.83. The summed E-state index contributed by atoms with van der Waals surface area (Å²) in [6, 6.07) is 15.9. The lowest BCUT2D eigenvalue weighted by atomic mass is 10.2. The summed E-state index contributed by atoms with van der Waals surface area (Å²) >= 11 is 0. The van der Waals surface area contributed by atoms with Gasteiger partial charge in [-0.1, -0.05) is 35.4 Å². The van der Waals surface area contributed by atoms with Gasteiger partial charge >= 0.3 is 0 Å². The minimum Gasteiger partial charge on any atom is -0.326 e. The molecule has 3 rings (SSSR count). The Morgan fingerprint density at radius 1 is 0.952 bits per heavy atom. The number of nitrogens with one attached hydrogen (secondary N) is 1. The SMILES string of the molecule is Cc1ccc(NC2=NCC(=O)N2c2ccc(C)cc2)cc1. The summed E-state index contributed by atoms with van der Waals surface area (Å²) in [5.74, 6) is 0.557. The van der Waals surface area contributed by atoms with Crippen molar-refractivity contribution < 1.29 is 4.79 Å². The second kappa shape index (κ2) is 5.40. The van der Waals surface area contributed by atoms with Crippen LogP contribution in [0.15, 0.2) is 53.5 Å². The molecule has 106 valence electrons. The van der Waals surface area contributed by atoms with Gasteiger partial charge in [-0.05, 0) is 38.1 Å². The fraction of sp³-hybridized carbons (Fsp3) is 0.176. The van der Waals surface area contributed by atoms with Crippen molar-refractivity contribution in [3.8, 4) is 0 Å². The molecule has 1 amide bonds. The summed E-state index contributed by atoms with van der Waals surface area (Å²) in [5, 5.41) is 3.22. The van der Waals surface area contributed by atoms with Crippen molar-refractivity contribution in [2.24, 2.45) is 4.99 Å². The Morgan fingerprint density at radius 3 is 2.14 bits per heavy atom. The molecule has 0 saturated heterocycles. The van der Waals surface area contributed by atoms with Crippen LogP contribution in [0.4, 0.5) is 11.4 Å². The summed E-state index contributed by atoms with van der Waals surface area (Å²) in [6.45, 7) is 4.25. The minimum atomic E-state index is -0.0199. The third kappa shape index (κ3) is 2.79. The van der Waals surface area contributed by atoms with Crippen molar-refractivity contribution in [2.75, 3.05) is 16.8 Å². The monoisotopic (exact) mass is 279 g/mol. The molecule has 0 fully saturated rings. The topological polar surface area (TPSA) is 44.7 Å². The lowest BCUT2D eigenvalue weighted by Crippen LogP contribution is -2.36. The van der Waals surface area contributed by atoms with Crippen LogP contribution in [0, 0.1) is 13.8 Å². The molecule has 0 atom stereocenters. The summed E-state index contributed by atoms with van der Waals surface area (Å²) in [4.78, 5) is 18.0. The van der Waals surface area contributed by atoms with Crippen molar-refractivity contribution in [1.82, 2.24) is 0 Å². The molecule has 0 radical (unpaired) electrons. The molecule has 0 spiro atoms. The fourth-order valence-electron chi connectivity index (χ4n) is 2.22. The molecule has 0 saturated carbocycles. The first-order chi connectivity index (χ1) is 10.1. The van der Waals surface area contributed by atoms with Gasteiger partial charge in [-0.2, -0.15) is 0 Å². The lowest BCUT2D eigenvalue weighted by Gasteiger charge is -2.19. The Balaban J connectivity index is 1.85. The van der Waals surface area contributed by atoms with Crippen molar-refractivity contribution in [3.05, 3.63) is 59.7 Å². The third-order valence-electron chi connectivity index (χ3n) is 3.43. The van der Waals surface area contributed by atoms with E-state index in [2.05, 4.69) is 10.3 Å². The van der Waals surface area contributed by atoms with Gasteiger partial charge in [0.2, 0.25) is 5.96 Å². The van der Waals surface area contributed by atoms with Gasteiger partial charge in [-0.25, -0.2) is 9.89 Å². The van der Waals surface area contributed by atoms with Crippen molar-refractivity contribution in [2.45, 2.75) is 13.8 Å². The highest BCUT2D eigenvalue weighted by Crippen LogP contribution is 2.20. The number of guanidine groups is 1. The normalized spacial score (nSPS) is 14.3. The van der Waals surface area contributed by atoms with Gasteiger partial charge in [-0.15, -0.1) is 0 Å². The number of aliphatic imine (C=N–C) groups is 1. The molecule has 1 N–H and O–H groups in total. The first-order valence-electron chi connectivity index (χ1n) is 6.91. The Morgan fingerprint density at radius 2 is 1.52 bits per heavy atom. The number of amides is 1. The van der Waals surface area contributed by atoms with E-state index in [1.165, 1.54) is 5.56 Å². The lowest BCUT2D eigenvalue weighted by molar-refractivity contribution is -0.115. The Labute approximate surface area is 124 Å². The highest BCUT2D eigenvalue weighted by molar-refractivity contribution is 6.24. The largest absolute Gasteiger partial charge is 0.326 e. The maximum atomic E-state index is 12.1. The molecule has 4 heteroatoms. The zero-order valence-electron chi connectivity index (χ0n) is 12.1. The molecule has 1 aliphatic rings. The number of aryl methyl sites for hydroxylation is 2. The van der Waals surface area contributed by atoms with E-state index in [4.69, 9.17) is 0 Å². The number of hydrogen-bond donors (Lipinski definition) is 1. The van der Waals surface area contributed by atoms with Gasteiger partial charge in [0, 0.05) is 5.69 Å². The fourth-order valence-corrected chi connectivity index (χ4v) is 2.22. The van der Waals surface area contributed by atoms with Crippen LogP contribution < -0.4 is 10.2 Å². The predicted octanol–water partition coefficient (Wildman–Crippen LogP) is 3.12. The number of nitrogens with zero attached hydrogens (tertiary/aromatic N) is 2. The first-order valence-corrected chi connectivity index (χ1v) is 6.91. The van der Waals surface area contributed by atoms with E-state index in [9.17, 15) is 4.79 Å². The molecule has 0 aromatic heterocycles. The van der Waals surface area contributed by atoms with Gasteiger partial charge in [0.05, 0.1) is 5.69 Å². The van der Waals surface area contributed by atoms with Crippen LogP contribution in [0.3, 0.4) is 0 Å². The van der Waals surface area contributed by atoms with Gasteiger partial charge in [0.25, 0.3) is 5.91 Å². The van der Waals surface area contributed by atoms with E-state index in [1.807, 2.05) is 62.4 Å². The maximum Gasteiger partial charge on any atom is 0.255 e. The van der Waals surface area contributed by atoms with Crippen LogP contribution in [-0.2, 0) is 4.79 Å². The quantitative estimate of drug-likeness (QED) is 0.918. The van der Waals surface area contributed by atoms with Crippen LogP contribution in [0.1, 0.15) is 11.1 Å². The van der Waals surface area contributed by atoms with Crippen LogP contribution >= 0.6 is 0 Å². The van der Waals surface area contributed by atoms with E-state index in [0.717, 1.165) is 16.9 Å². The third-order valence-corrected chi connectivity index (χ3v) is 3.43. The van der Waals surface area contributed by atoms with Gasteiger partial charge < -0.3 is 5.32 Å². The van der Waals surface area contributed by atoms with E-state index in [1.54, 1.807) is 4.90 Å². The standard InChI is InChI=1S/C17H17N3O/c1-12-3-7-14(8-4-12)19-17-18-11-16(21)20(17)15-9-5-13(2)6-10-15/h3-10H,11H2,1-2H3,(H,18,19).